The molecule has 1 unspecified atom stereocenters. The van der Waals surface area contributed by atoms with E-state index < -0.39 is 6.04 Å². The Hall–Kier alpha value is -3.15. The molecule has 1 heterocycles. The van der Waals surface area contributed by atoms with Gasteiger partial charge in [0.05, 0.1) is 17.2 Å². The summed E-state index contributed by atoms with van der Waals surface area (Å²) < 4.78 is 1.30. The highest BCUT2D eigenvalue weighted by molar-refractivity contribution is 5.93. The fourth-order valence-corrected chi connectivity index (χ4v) is 2.28. The van der Waals surface area contributed by atoms with Gasteiger partial charge in [-0.25, -0.2) is 4.98 Å². The van der Waals surface area contributed by atoms with Crippen LogP contribution in [-0.2, 0) is 4.79 Å². The Morgan fingerprint density at radius 3 is 2.61 bits per heavy atom. The number of phenols is 1. The largest absolute Gasteiger partial charge is 0.508 e. The lowest BCUT2D eigenvalue weighted by atomic mass is 10.2. The standard InChI is InChI=1S/C17H15N3O3/c1-11(16(22)19-12-6-8-13(21)9-7-12)20-10-18-15-5-3-2-4-14(15)17(20)23/h2-11,21H,1H3,(H,19,22). The molecule has 23 heavy (non-hydrogen) atoms. The van der Waals surface area contributed by atoms with Crippen LogP contribution in [-0.4, -0.2) is 20.6 Å². The van der Waals surface area contributed by atoms with Gasteiger partial charge >= 0.3 is 0 Å². The van der Waals surface area contributed by atoms with Gasteiger partial charge in [-0.1, -0.05) is 12.1 Å². The summed E-state index contributed by atoms with van der Waals surface area (Å²) in [6.07, 6.45) is 1.38. The van der Waals surface area contributed by atoms with Gasteiger partial charge in [0.25, 0.3) is 5.56 Å². The van der Waals surface area contributed by atoms with Crippen molar-refractivity contribution in [1.82, 2.24) is 9.55 Å². The first-order valence-corrected chi connectivity index (χ1v) is 7.12. The van der Waals surface area contributed by atoms with Crippen molar-refractivity contribution in [2.45, 2.75) is 13.0 Å². The molecule has 2 N–H and O–H groups in total. The molecule has 0 fully saturated rings. The lowest BCUT2D eigenvalue weighted by molar-refractivity contribution is -0.118. The molecular weight excluding hydrogens is 294 g/mol. The Balaban J connectivity index is 1.89. The minimum absolute atomic E-state index is 0.117. The summed E-state index contributed by atoms with van der Waals surface area (Å²) in [6, 6.07) is 12.4. The van der Waals surface area contributed by atoms with Gasteiger partial charge in [-0.3, -0.25) is 14.2 Å². The fourth-order valence-electron chi connectivity index (χ4n) is 2.28. The van der Waals surface area contributed by atoms with Crippen LogP contribution in [0, 0.1) is 0 Å². The van der Waals surface area contributed by atoms with Crippen LogP contribution >= 0.6 is 0 Å². The number of hydrogen-bond acceptors (Lipinski definition) is 4. The minimum Gasteiger partial charge on any atom is -0.508 e. The molecular formula is C17H15N3O3. The van der Waals surface area contributed by atoms with E-state index >= 15 is 0 Å². The van der Waals surface area contributed by atoms with Gasteiger partial charge in [-0.05, 0) is 43.3 Å². The third-order valence-corrected chi connectivity index (χ3v) is 3.62. The second-order valence-corrected chi connectivity index (χ2v) is 5.19. The van der Waals surface area contributed by atoms with E-state index in [1.165, 1.54) is 23.0 Å². The lowest BCUT2D eigenvalue weighted by Gasteiger charge is -2.15. The van der Waals surface area contributed by atoms with Crippen molar-refractivity contribution < 1.29 is 9.90 Å². The van der Waals surface area contributed by atoms with E-state index in [0.717, 1.165) is 0 Å². The Labute approximate surface area is 132 Å². The van der Waals surface area contributed by atoms with Crippen molar-refractivity contribution in [1.29, 1.82) is 0 Å². The highest BCUT2D eigenvalue weighted by atomic mass is 16.3. The highest BCUT2D eigenvalue weighted by Gasteiger charge is 2.17. The molecule has 0 saturated carbocycles. The van der Waals surface area contributed by atoms with Crippen molar-refractivity contribution in [2.75, 3.05) is 5.32 Å². The zero-order chi connectivity index (χ0) is 16.4. The molecule has 1 aromatic heterocycles. The molecule has 2 aromatic carbocycles. The number of phenolic OH excluding ortho intramolecular Hbond substituents is 1. The number of carbonyl (C=O) groups is 1. The third kappa shape index (κ3) is 2.91. The quantitative estimate of drug-likeness (QED) is 0.727. The first-order valence-electron chi connectivity index (χ1n) is 7.12. The number of rotatable bonds is 3. The number of hydrogen-bond donors (Lipinski definition) is 2. The zero-order valence-corrected chi connectivity index (χ0v) is 12.4. The lowest BCUT2D eigenvalue weighted by Crippen LogP contribution is -2.31. The molecule has 3 aromatic rings. The number of fused-ring (bicyclic) bond motifs is 1. The Bertz CT molecular complexity index is 916. The number of para-hydroxylation sites is 1. The molecule has 0 aliphatic rings. The number of aromatic hydroxyl groups is 1. The monoisotopic (exact) mass is 309 g/mol. The molecule has 1 amide bonds. The van der Waals surface area contributed by atoms with Crippen molar-refractivity contribution in [3.05, 3.63) is 65.2 Å². The summed E-state index contributed by atoms with van der Waals surface area (Å²) in [7, 11) is 0. The van der Waals surface area contributed by atoms with Crippen LogP contribution in [0.15, 0.2) is 59.7 Å². The van der Waals surface area contributed by atoms with Crippen LogP contribution in [0.2, 0.25) is 0 Å². The topological polar surface area (TPSA) is 84.2 Å². The van der Waals surface area contributed by atoms with Crippen LogP contribution in [0.5, 0.6) is 5.75 Å². The molecule has 6 nitrogen and oxygen atoms in total. The molecule has 0 aliphatic carbocycles. The predicted molar refractivity (Wildman–Crippen MR) is 87.5 cm³/mol. The summed E-state index contributed by atoms with van der Waals surface area (Å²) in [6.45, 7) is 1.63. The first-order chi connectivity index (χ1) is 11.1. The smallest absolute Gasteiger partial charge is 0.261 e. The maximum absolute atomic E-state index is 12.5. The van der Waals surface area contributed by atoms with E-state index in [1.807, 2.05) is 0 Å². The van der Waals surface area contributed by atoms with Gasteiger partial charge in [-0.2, -0.15) is 0 Å². The van der Waals surface area contributed by atoms with Gasteiger partial charge in [0.1, 0.15) is 11.8 Å². The summed E-state index contributed by atoms with van der Waals surface area (Å²) >= 11 is 0. The van der Waals surface area contributed by atoms with Crippen LogP contribution in [0.1, 0.15) is 13.0 Å². The second kappa shape index (κ2) is 5.92. The predicted octanol–water partition coefficient (Wildman–Crippen LogP) is 2.30. The Morgan fingerprint density at radius 1 is 1.17 bits per heavy atom. The number of benzene rings is 2. The number of carbonyl (C=O) groups excluding carboxylic acids is 1. The normalized spacial score (nSPS) is 12.0. The van der Waals surface area contributed by atoms with Gasteiger partial charge < -0.3 is 10.4 Å². The van der Waals surface area contributed by atoms with E-state index in [0.29, 0.717) is 16.6 Å². The van der Waals surface area contributed by atoms with E-state index in [4.69, 9.17) is 0 Å². The second-order valence-electron chi connectivity index (χ2n) is 5.19. The van der Waals surface area contributed by atoms with Crippen molar-refractivity contribution >= 4 is 22.5 Å². The van der Waals surface area contributed by atoms with Crippen molar-refractivity contribution in [3.8, 4) is 5.75 Å². The maximum Gasteiger partial charge on any atom is 0.261 e. The maximum atomic E-state index is 12.5. The van der Waals surface area contributed by atoms with Crippen LogP contribution in [0.4, 0.5) is 5.69 Å². The van der Waals surface area contributed by atoms with Gasteiger partial charge in [-0.15, -0.1) is 0 Å². The molecule has 0 aliphatic heterocycles. The average Bonchev–Trinajstić information content (AvgIpc) is 2.57. The average molecular weight is 309 g/mol. The number of anilines is 1. The van der Waals surface area contributed by atoms with E-state index in [9.17, 15) is 14.7 Å². The SMILES string of the molecule is CC(C(=O)Nc1ccc(O)cc1)n1cnc2ccccc2c1=O. The molecule has 0 bridgehead atoms. The van der Waals surface area contributed by atoms with Crippen molar-refractivity contribution in [3.63, 3.8) is 0 Å². The van der Waals surface area contributed by atoms with Crippen LogP contribution in [0.3, 0.4) is 0 Å². The summed E-state index contributed by atoms with van der Waals surface area (Å²) in [5.41, 5.74) is 0.880. The summed E-state index contributed by atoms with van der Waals surface area (Å²) in [5.74, 6) is -0.221. The zero-order valence-electron chi connectivity index (χ0n) is 12.4. The van der Waals surface area contributed by atoms with E-state index in [2.05, 4.69) is 10.3 Å². The summed E-state index contributed by atoms with van der Waals surface area (Å²) in [4.78, 5) is 29.0. The number of nitrogens with zero attached hydrogens (tertiary/aromatic N) is 2. The van der Waals surface area contributed by atoms with Gasteiger partial charge in [0.2, 0.25) is 5.91 Å². The van der Waals surface area contributed by atoms with Crippen molar-refractivity contribution in [2.24, 2.45) is 0 Å². The molecule has 3 rings (SSSR count). The Kier molecular flexibility index (Phi) is 3.80. The summed E-state index contributed by atoms with van der Waals surface area (Å²) in [5, 5.41) is 12.4. The van der Waals surface area contributed by atoms with Crippen LogP contribution < -0.4 is 10.9 Å². The number of amides is 1. The molecule has 116 valence electrons. The fraction of sp³-hybridized carbons (Fsp3) is 0.118. The van der Waals surface area contributed by atoms with Crippen LogP contribution in [0.25, 0.3) is 10.9 Å². The molecule has 1 atom stereocenters. The van der Waals surface area contributed by atoms with E-state index in [1.54, 1.807) is 43.3 Å². The van der Waals surface area contributed by atoms with E-state index in [-0.39, 0.29) is 17.2 Å². The van der Waals surface area contributed by atoms with Gasteiger partial charge in [0, 0.05) is 5.69 Å². The highest BCUT2D eigenvalue weighted by Crippen LogP contribution is 2.16. The molecule has 0 saturated heterocycles. The number of nitrogens with one attached hydrogen (secondary N) is 1. The van der Waals surface area contributed by atoms with Gasteiger partial charge in [0.15, 0.2) is 0 Å². The molecule has 6 heteroatoms. The molecule has 0 spiro atoms. The Morgan fingerprint density at radius 2 is 1.87 bits per heavy atom. The molecule has 0 radical (unpaired) electrons. The number of aromatic nitrogens is 2. The third-order valence-electron chi connectivity index (χ3n) is 3.62. The minimum atomic E-state index is -0.714. The first kappa shape index (κ1) is 14.8.